The van der Waals surface area contributed by atoms with Crippen molar-refractivity contribution in [1.82, 2.24) is 0 Å². The van der Waals surface area contributed by atoms with E-state index in [0.717, 1.165) is 33.3 Å². The van der Waals surface area contributed by atoms with Gasteiger partial charge in [0.05, 0.1) is 6.61 Å². The SMILES string of the molecule is CCOc1cccc(CNc2ccc(C)c(C)c2)c1OCc1ccc(Cl)cc1. The molecule has 3 aromatic carbocycles. The maximum atomic E-state index is 6.17. The van der Waals surface area contributed by atoms with E-state index in [1.54, 1.807) is 0 Å². The number of rotatable bonds is 8. The average molecular weight is 396 g/mol. The Hall–Kier alpha value is -2.65. The molecule has 0 aliphatic rings. The van der Waals surface area contributed by atoms with Crippen LogP contribution in [0.4, 0.5) is 5.69 Å². The summed E-state index contributed by atoms with van der Waals surface area (Å²) in [4.78, 5) is 0. The molecular formula is C24H26ClNO2. The van der Waals surface area contributed by atoms with Gasteiger partial charge in [-0.05, 0) is 67.8 Å². The van der Waals surface area contributed by atoms with Crippen LogP contribution in [0.2, 0.25) is 5.02 Å². The first-order valence-corrected chi connectivity index (χ1v) is 9.87. The largest absolute Gasteiger partial charge is 0.490 e. The monoisotopic (exact) mass is 395 g/mol. The van der Waals surface area contributed by atoms with Gasteiger partial charge >= 0.3 is 0 Å². The molecule has 0 aliphatic carbocycles. The molecule has 4 heteroatoms. The predicted octanol–water partition coefficient (Wildman–Crippen LogP) is 6.55. The number of hydrogen-bond donors (Lipinski definition) is 1. The van der Waals surface area contributed by atoms with E-state index in [0.29, 0.717) is 19.8 Å². The Morgan fingerprint density at radius 2 is 1.68 bits per heavy atom. The van der Waals surface area contributed by atoms with Gasteiger partial charge in [-0.3, -0.25) is 0 Å². The summed E-state index contributed by atoms with van der Waals surface area (Å²) in [6, 6.07) is 20.1. The number of aryl methyl sites for hydroxylation is 2. The lowest BCUT2D eigenvalue weighted by Gasteiger charge is -2.17. The van der Waals surface area contributed by atoms with Crippen LogP contribution in [0.25, 0.3) is 0 Å². The Bertz CT molecular complexity index is 922. The van der Waals surface area contributed by atoms with Crippen molar-refractivity contribution >= 4 is 17.3 Å². The molecule has 3 rings (SSSR count). The van der Waals surface area contributed by atoms with E-state index >= 15 is 0 Å². The maximum absolute atomic E-state index is 6.17. The van der Waals surface area contributed by atoms with E-state index in [1.165, 1.54) is 11.1 Å². The quantitative estimate of drug-likeness (QED) is 0.469. The number of para-hydroxylation sites is 1. The molecule has 0 aromatic heterocycles. The first-order valence-electron chi connectivity index (χ1n) is 9.50. The number of benzene rings is 3. The summed E-state index contributed by atoms with van der Waals surface area (Å²) in [7, 11) is 0. The Balaban J connectivity index is 1.78. The summed E-state index contributed by atoms with van der Waals surface area (Å²) in [5.74, 6) is 1.53. The lowest BCUT2D eigenvalue weighted by Crippen LogP contribution is -2.06. The second-order valence-electron chi connectivity index (χ2n) is 6.75. The third-order valence-corrected chi connectivity index (χ3v) is 4.90. The summed E-state index contributed by atoms with van der Waals surface area (Å²) < 4.78 is 12.0. The fraction of sp³-hybridized carbons (Fsp3) is 0.250. The second kappa shape index (κ2) is 9.52. The average Bonchev–Trinajstić information content (AvgIpc) is 2.69. The van der Waals surface area contributed by atoms with Crippen LogP contribution in [0.5, 0.6) is 11.5 Å². The van der Waals surface area contributed by atoms with E-state index in [1.807, 2.05) is 43.3 Å². The molecule has 0 unspecified atom stereocenters. The number of anilines is 1. The van der Waals surface area contributed by atoms with Gasteiger partial charge < -0.3 is 14.8 Å². The number of nitrogens with one attached hydrogen (secondary N) is 1. The molecule has 0 fully saturated rings. The fourth-order valence-corrected chi connectivity index (χ4v) is 3.04. The Morgan fingerprint density at radius 3 is 2.39 bits per heavy atom. The Labute approximate surface area is 172 Å². The van der Waals surface area contributed by atoms with Crippen molar-refractivity contribution < 1.29 is 9.47 Å². The lowest BCUT2D eigenvalue weighted by molar-refractivity contribution is 0.267. The standard InChI is InChI=1S/C24H26ClNO2/c1-4-27-23-7-5-6-20(15-26-22-13-8-17(2)18(3)14-22)24(23)28-16-19-9-11-21(25)12-10-19/h5-14,26H,4,15-16H2,1-3H3. The van der Waals surface area contributed by atoms with Gasteiger partial charge in [-0.15, -0.1) is 0 Å². The van der Waals surface area contributed by atoms with Crippen LogP contribution >= 0.6 is 11.6 Å². The van der Waals surface area contributed by atoms with Crippen molar-refractivity contribution in [3.05, 3.63) is 87.9 Å². The zero-order valence-electron chi connectivity index (χ0n) is 16.6. The van der Waals surface area contributed by atoms with E-state index in [4.69, 9.17) is 21.1 Å². The van der Waals surface area contributed by atoms with Gasteiger partial charge in [-0.1, -0.05) is 41.9 Å². The number of ether oxygens (including phenoxy) is 2. The van der Waals surface area contributed by atoms with Gasteiger partial charge in [-0.25, -0.2) is 0 Å². The minimum atomic E-state index is 0.456. The van der Waals surface area contributed by atoms with Crippen LogP contribution in [-0.2, 0) is 13.2 Å². The van der Waals surface area contributed by atoms with Crippen molar-refractivity contribution in [2.24, 2.45) is 0 Å². The van der Waals surface area contributed by atoms with Crippen LogP contribution in [-0.4, -0.2) is 6.61 Å². The number of halogens is 1. The van der Waals surface area contributed by atoms with Gasteiger partial charge in [0.1, 0.15) is 6.61 Å². The molecule has 3 aromatic rings. The van der Waals surface area contributed by atoms with Crippen LogP contribution < -0.4 is 14.8 Å². The third-order valence-electron chi connectivity index (χ3n) is 4.65. The molecule has 0 spiro atoms. The van der Waals surface area contributed by atoms with E-state index in [2.05, 4.69) is 43.4 Å². The molecule has 0 saturated heterocycles. The van der Waals surface area contributed by atoms with Crippen LogP contribution in [0, 0.1) is 13.8 Å². The van der Waals surface area contributed by atoms with Crippen molar-refractivity contribution in [2.75, 3.05) is 11.9 Å². The molecule has 0 heterocycles. The molecular weight excluding hydrogens is 370 g/mol. The normalized spacial score (nSPS) is 10.6. The van der Waals surface area contributed by atoms with Gasteiger partial charge in [0, 0.05) is 22.8 Å². The third kappa shape index (κ3) is 5.20. The molecule has 0 atom stereocenters. The summed E-state index contributed by atoms with van der Waals surface area (Å²) >= 11 is 5.97. The lowest BCUT2D eigenvalue weighted by atomic mass is 10.1. The zero-order valence-corrected chi connectivity index (χ0v) is 17.3. The maximum Gasteiger partial charge on any atom is 0.166 e. The number of hydrogen-bond acceptors (Lipinski definition) is 3. The first-order chi connectivity index (χ1) is 13.6. The highest BCUT2D eigenvalue weighted by atomic mass is 35.5. The summed E-state index contributed by atoms with van der Waals surface area (Å²) in [6.07, 6.45) is 0. The van der Waals surface area contributed by atoms with Crippen LogP contribution in [0.15, 0.2) is 60.7 Å². The van der Waals surface area contributed by atoms with E-state index in [-0.39, 0.29) is 0 Å². The molecule has 0 radical (unpaired) electrons. The predicted molar refractivity (Wildman–Crippen MR) is 117 cm³/mol. The molecule has 146 valence electrons. The Morgan fingerprint density at radius 1 is 0.893 bits per heavy atom. The van der Waals surface area contributed by atoms with Gasteiger partial charge in [0.25, 0.3) is 0 Å². The summed E-state index contributed by atoms with van der Waals surface area (Å²) in [5.41, 5.74) is 5.76. The minimum absolute atomic E-state index is 0.456. The highest BCUT2D eigenvalue weighted by Gasteiger charge is 2.12. The van der Waals surface area contributed by atoms with Crippen LogP contribution in [0.1, 0.15) is 29.2 Å². The van der Waals surface area contributed by atoms with Crippen molar-refractivity contribution in [3.8, 4) is 11.5 Å². The molecule has 0 amide bonds. The van der Waals surface area contributed by atoms with Crippen molar-refractivity contribution in [1.29, 1.82) is 0 Å². The van der Waals surface area contributed by atoms with Gasteiger partial charge in [0.2, 0.25) is 0 Å². The molecule has 3 nitrogen and oxygen atoms in total. The minimum Gasteiger partial charge on any atom is -0.490 e. The molecule has 0 saturated carbocycles. The van der Waals surface area contributed by atoms with Crippen molar-refractivity contribution in [2.45, 2.75) is 33.9 Å². The van der Waals surface area contributed by atoms with Gasteiger partial charge in [-0.2, -0.15) is 0 Å². The fourth-order valence-electron chi connectivity index (χ4n) is 2.92. The van der Waals surface area contributed by atoms with E-state index in [9.17, 15) is 0 Å². The molecule has 0 aliphatic heterocycles. The van der Waals surface area contributed by atoms with Gasteiger partial charge in [0.15, 0.2) is 11.5 Å². The van der Waals surface area contributed by atoms with Crippen molar-refractivity contribution in [3.63, 3.8) is 0 Å². The van der Waals surface area contributed by atoms with E-state index < -0.39 is 0 Å². The Kier molecular flexibility index (Phi) is 6.83. The second-order valence-corrected chi connectivity index (χ2v) is 7.18. The summed E-state index contributed by atoms with van der Waals surface area (Å²) in [6.45, 7) is 7.91. The first kappa shape index (κ1) is 20.1. The topological polar surface area (TPSA) is 30.5 Å². The molecule has 0 bridgehead atoms. The summed E-state index contributed by atoms with van der Waals surface area (Å²) in [5, 5.41) is 4.21. The van der Waals surface area contributed by atoms with Crippen LogP contribution in [0.3, 0.4) is 0 Å². The molecule has 1 N–H and O–H groups in total. The highest BCUT2D eigenvalue weighted by molar-refractivity contribution is 6.30. The zero-order chi connectivity index (χ0) is 19.9. The smallest absolute Gasteiger partial charge is 0.166 e. The highest BCUT2D eigenvalue weighted by Crippen LogP contribution is 2.33. The molecule has 28 heavy (non-hydrogen) atoms.